The molecule has 4 nitrogen and oxygen atoms in total. The molecule has 1 amide bonds. The summed E-state index contributed by atoms with van der Waals surface area (Å²) in [5, 5.41) is 0. The fourth-order valence-electron chi connectivity index (χ4n) is 0.784. The molecule has 13 heavy (non-hydrogen) atoms. The molecule has 0 saturated carbocycles. The maximum Gasteiger partial charge on any atom is 0.248 e. The number of amides is 1. The third-order valence-corrected chi connectivity index (χ3v) is 1.57. The van der Waals surface area contributed by atoms with Crippen molar-refractivity contribution in [2.75, 3.05) is 33.9 Å². The van der Waals surface area contributed by atoms with Crippen LogP contribution in [0.15, 0.2) is 0 Å². The number of carbonyl (C=O) groups excluding carboxylic acids is 1. The van der Waals surface area contributed by atoms with E-state index in [1.54, 1.807) is 11.9 Å². The fourth-order valence-corrected chi connectivity index (χ4v) is 0.784. The van der Waals surface area contributed by atoms with Gasteiger partial charge in [0.25, 0.3) is 0 Å². The van der Waals surface area contributed by atoms with Crippen molar-refractivity contribution in [3.05, 3.63) is 0 Å². The molecule has 0 aliphatic heterocycles. The highest BCUT2D eigenvalue weighted by Crippen LogP contribution is 1.90. The van der Waals surface area contributed by atoms with Crippen LogP contribution in [0.3, 0.4) is 0 Å². The molecule has 0 aromatic heterocycles. The number of methoxy groups -OCH3 is 1. The van der Waals surface area contributed by atoms with Crippen LogP contribution in [0.2, 0.25) is 0 Å². The zero-order chi connectivity index (χ0) is 10.3. The first-order chi connectivity index (χ1) is 6.07. The number of ether oxygens (including phenoxy) is 2. The van der Waals surface area contributed by atoms with Crippen LogP contribution in [0.25, 0.3) is 0 Å². The maximum atomic E-state index is 11.2. The van der Waals surface area contributed by atoms with Crippen molar-refractivity contribution >= 4 is 5.91 Å². The van der Waals surface area contributed by atoms with E-state index in [9.17, 15) is 4.79 Å². The average Bonchev–Trinajstić information content (AvgIpc) is 2.04. The summed E-state index contributed by atoms with van der Waals surface area (Å²) >= 11 is 0. The van der Waals surface area contributed by atoms with Crippen LogP contribution in [-0.4, -0.2) is 50.8 Å². The smallest absolute Gasteiger partial charge is 0.248 e. The van der Waals surface area contributed by atoms with Crippen LogP contribution in [0.4, 0.5) is 0 Å². The van der Waals surface area contributed by atoms with Gasteiger partial charge in [0.1, 0.15) is 6.61 Å². The number of rotatable bonds is 6. The molecule has 0 fully saturated rings. The lowest BCUT2D eigenvalue weighted by molar-refractivity contribution is -0.134. The van der Waals surface area contributed by atoms with E-state index in [0.29, 0.717) is 13.2 Å². The van der Waals surface area contributed by atoms with Crippen molar-refractivity contribution in [2.45, 2.75) is 20.0 Å². The Hall–Kier alpha value is -0.610. The highest BCUT2D eigenvalue weighted by atomic mass is 16.5. The summed E-state index contributed by atoms with van der Waals surface area (Å²) in [6, 6.07) is 0. The van der Waals surface area contributed by atoms with Crippen molar-refractivity contribution in [3.8, 4) is 0 Å². The summed E-state index contributed by atoms with van der Waals surface area (Å²) < 4.78 is 10.0. The molecule has 0 aromatic carbocycles. The summed E-state index contributed by atoms with van der Waals surface area (Å²) in [7, 11) is 3.25. The van der Waals surface area contributed by atoms with Gasteiger partial charge in [-0.3, -0.25) is 4.79 Å². The fraction of sp³-hybridized carbons (Fsp3) is 0.889. The van der Waals surface area contributed by atoms with Crippen LogP contribution in [-0.2, 0) is 14.3 Å². The predicted octanol–water partition coefficient (Wildman–Crippen LogP) is 0.516. The lowest BCUT2D eigenvalue weighted by Gasteiger charge is -2.17. The largest absolute Gasteiger partial charge is 0.377 e. The molecule has 0 N–H and O–H groups in total. The topological polar surface area (TPSA) is 38.8 Å². The number of nitrogens with zero attached hydrogens (tertiary/aromatic N) is 1. The monoisotopic (exact) mass is 189 g/mol. The third-order valence-electron chi connectivity index (χ3n) is 1.57. The summed E-state index contributed by atoms with van der Waals surface area (Å²) in [4.78, 5) is 12.8. The number of likely N-dealkylation sites (N-methyl/N-ethyl adjacent to an activating group) is 1. The Morgan fingerprint density at radius 1 is 1.46 bits per heavy atom. The van der Waals surface area contributed by atoms with Crippen LogP contribution < -0.4 is 0 Å². The Morgan fingerprint density at radius 2 is 2.08 bits per heavy atom. The Balaban J connectivity index is 3.49. The molecule has 0 aliphatic rings. The number of hydrogen-bond acceptors (Lipinski definition) is 3. The Bertz CT molecular complexity index is 148. The molecule has 4 heteroatoms. The standard InChI is InChI=1S/C9H19NO3/c1-8(2)13-6-5-10(3)9(11)7-12-4/h8H,5-7H2,1-4H3. The SMILES string of the molecule is COCC(=O)N(C)CCOC(C)C. The third kappa shape index (κ3) is 6.54. The summed E-state index contributed by atoms with van der Waals surface area (Å²) in [6.45, 7) is 5.26. The van der Waals surface area contributed by atoms with Gasteiger partial charge in [-0.1, -0.05) is 0 Å². The van der Waals surface area contributed by atoms with E-state index in [2.05, 4.69) is 0 Å². The zero-order valence-electron chi connectivity index (χ0n) is 8.87. The van der Waals surface area contributed by atoms with Gasteiger partial charge < -0.3 is 14.4 Å². The van der Waals surface area contributed by atoms with Gasteiger partial charge >= 0.3 is 0 Å². The molecular formula is C9H19NO3. The van der Waals surface area contributed by atoms with Gasteiger partial charge in [-0.25, -0.2) is 0 Å². The summed E-state index contributed by atoms with van der Waals surface area (Å²) in [5.41, 5.74) is 0. The quantitative estimate of drug-likeness (QED) is 0.611. The highest BCUT2D eigenvalue weighted by Gasteiger charge is 2.07. The Kier molecular flexibility index (Phi) is 6.54. The normalized spacial score (nSPS) is 10.5. The molecule has 0 radical (unpaired) electrons. The first-order valence-electron chi connectivity index (χ1n) is 4.42. The maximum absolute atomic E-state index is 11.2. The molecule has 0 aliphatic carbocycles. The van der Waals surface area contributed by atoms with Crippen LogP contribution in [0.1, 0.15) is 13.8 Å². The van der Waals surface area contributed by atoms with Crippen molar-refractivity contribution in [3.63, 3.8) is 0 Å². The number of carbonyl (C=O) groups is 1. The highest BCUT2D eigenvalue weighted by molar-refractivity contribution is 5.77. The van der Waals surface area contributed by atoms with Crippen molar-refractivity contribution in [2.24, 2.45) is 0 Å². The van der Waals surface area contributed by atoms with Gasteiger partial charge in [0.2, 0.25) is 5.91 Å². The van der Waals surface area contributed by atoms with Crippen molar-refractivity contribution < 1.29 is 14.3 Å². The summed E-state index contributed by atoms with van der Waals surface area (Å²) in [5.74, 6) is -0.0187. The molecule has 0 heterocycles. The summed E-state index contributed by atoms with van der Waals surface area (Å²) in [6.07, 6.45) is 0.214. The van der Waals surface area contributed by atoms with E-state index < -0.39 is 0 Å². The van der Waals surface area contributed by atoms with E-state index in [0.717, 1.165) is 0 Å². The predicted molar refractivity (Wildman–Crippen MR) is 50.6 cm³/mol. The molecule has 0 atom stereocenters. The van der Waals surface area contributed by atoms with Crippen molar-refractivity contribution in [1.29, 1.82) is 0 Å². The van der Waals surface area contributed by atoms with Crippen LogP contribution in [0, 0.1) is 0 Å². The molecule has 0 aromatic rings. The minimum Gasteiger partial charge on any atom is -0.377 e. The lowest BCUT2D eigenvalue weighted by Crippen LogP contribution is -2.33. The molecule has 78 valence electrons. The molecule has 0 bridgehead atoms. The van der Waals surface area contributed by atoms with E-state index in [4.69, 9.17) is 9.47 Å². The van der Waals surface area contributed by atoms with Gasteiger partial charge in [0.05, 0.1) is 12.7 Å². The van der Waals surface area contributed by atoms with Crippen molar-refractivity contribution in [1.82, 2.24) is 4.90 Å². The number of hydrogen-bond donors (Lipinski definition) is 0. The van der Waals surface area contributed by atoms with E-state index in [-0.39, 0.29) is 18.6 Å². The first-order valence-corrected chi connectivity index (χ1v) is 4.42. The minimum absolute atomic E-state index is 0.0187. The second-order valence-corrected chi connectivity index (χ2v) is 3.17. The molecule has 0 rings (SSSR count). The van der Waals surface area contributed by atoms with E-state index in [1.807, 2.05) is 13.8 Å². The van der Waals surface area contributed by atoms with Gasteiger partial charge in [-0.05, 0) is 13.8 Å². The van der Waals surface area contributed by atoms with Crippen LogP contribution in [0.5, 0.6) is 0 Å². The van der Waals surface area contributed by atoms with E-state index >= 15 is 0 Å². The minimum atomic E-state index is -0.0187. The lowest BCUT2D eigenvalue weighted by atomic mass is 10.4. The Morgan fingerprint density at radius 3 is 2.54 bits per heavy atom. The van der Waals surface area contributed by atoms with Gasteiger partial charge in [0, 0.05) is 20.7 Å². The van der Waals surface area contributed by atoms with Crippen LogP contribution >= 0.6 is 0 Å². The average molecular weight is 189 g/mol. The van der Waals surface area contributed by atoms with Gasteiger partial charge in [-0.15, -0.1) is 0 Å². The van der Waals surface area contributed by atoms with E-state index in [1.165, 1.54) is 7.11 Å². The molecule has 0 spiro atoms. The Labute approximate surface area is 79.8 Å². The zero-order valence-corrected chi connectivity index (χ0v) is 8.87. The first kappa shape index (κ1) is 12.4. The molecular weight excluding hydrogens is 170 g/mol. The second-order valence-electron chi connectivity index (χ2n) is 3.17. The van der Waals surface area contributed by atoms with Gasteiger partial charge in [0.15, 0.2) is 0 Å². The molecule has 0 saturated heterocycles. The molecule has 0 unspecified atom stereocenters. The second kappa shape index (κ2) is 6.86. The van der Waals surface area contributed by atoms with Gasteiger partial charge in [-0.2, -0.15) is 0 Å².